The third-order valence-corrected chi connectivity index (χ3v) is 3.62. The summed E-state index contributed by atoms with van der Waals surface area (Å²) in [6.45, 7) is 6.33. The molecule has 1 unspecified atom stereocenters. The van der Waals surface area contributed by atoms with Gasteiger partial charge >= 0.3 is 0 Å². The van der Waals surface area contributed by atoms with Crippen molar-refractivity contribution in [3.63, 3.8) is 0 Å². The second kappa shape index (κ2) is 4.43. The van der Waals surface area contributed by atoms with Crippen molar-refractivity contribution in [2.24, 2.45) is 0 Å². The van der Waals surface area contributed by atoms with Crippen molar-refractivity contribution in [2.45, 2.75) is 32.4 Å². The van der Waals surface area contributed by atoms with Crippen LogP contribution in [0.15, 0.2) is 12.1 Å². The number of aryl methyl sites for hydroxylation is 1. The van der Waals surface area contributed by atoms with Crippen LogP contribution in [-0.4, -0.2) is 19.8 Å². The molecule has 0 aliphatic carbocycles. The van der Waals surface area contributed by atoms with E-state index < -0.39 is 0 Å². The predicted octanol–water partition coefficient (Wildman–Crippen LogP) is 2.74. The van der Waals surface area contributed by atoms with Crippen LogP contribution in [0.5, 0.6) is 0 Å². The van der Waals surface area contributed by atoms with Gasteiger partial charge in [-0.25, -0.2) is 0 Å². The van der Waals surface area contributed by atoms with Crippen molar-refractivity contribution >= 4 is 11.3 Å². The van der Waals surface area contributed by atoms with Gasteiger partial charge in [-0.15, -0.1) is 11.3 Å². The minimum Gasteiger partial charge on any atom is -0.377 e. The standard InChI is InChI=1S/C11H19NOS/c1-8-6-7-9(14-8)10(12-4)11(2,3)13-5/h6-7,10,12H,1-5H3. The predicted molar refractivity (Wildman–Crippen MR) is 61.9 cm³/mol. The lowest BCUT2D eigenvalue weighted by atomic mass is 9.97. The first-order valence-electron chi connectivity index (χ1n) is 4.80. The van der Waals surface area contributed by atoms with Crippen LogP contribution in [0.25, 0.3) is 0 Å². The molecule has 3 heteroatoms. The minimum atomic E-state index is -0.175. The first-order chi connectivity index (χ1) is 6.51. The fourth-order valence-electron chi connectivity index (χ4n) is 1.56. The largest absolute Gasteiger partial charge is 0.377 e. The molecule has 14 heavy (non-hydrogen) atoms. The van der Waals surface area contributed by atoms with E-state index in [0.717, 1.165) is 0 Å². The van der Waals surface area contributed by atoms with E-state index in [9.17, 15) is 0 Å². The zero-order chi connectivity index (χ0) is 10.8. The van der Waals surface area contributed by atoms with Crippen LogP contribution >= 0.6 is 11.3 Å². The first kappa shape index (κ1) is 11.7. The average molecular weight is 213 g/mol. The van der Waals surface area contributed by atoms with Crippen LogP contribution in [-0.2, 0) is 4.74 Å². The third-order valence-electron chi connectivity index (χ3n) is 2.56. The molecule has 1 rings (SSSR count). The summed E-state index contributed by atoms with van der Waals surface area (Å²) in [7, 11) is 3.73. The average Bonchev–Trinajstić information content (AvgIpc) is 2.53. The third kappa shape index (κ3) is 2.35. The Bertz CT molecular complexity index is 293. The second-order valence-corrected chi connectivity index (χ2v) is 5.30. The zero-order valence-corrected chi connectivity index (χ0v) is 10.4. The number of hydrogen-bond donors (Lipinski definition) is 1. The van der Waals surface area contributed by atoms with Gasteiger partial charge in [0, 0.05) is 16.9 Å². The topological polar surface area (TPSA) is 21.3 Å². The monoisotopic (exact) mass is 213 g/mol. The summed E-state index contributed by atoms with van der Waals surface area (Å²) in [6, 6.07) is 4.57. The number of methoxy groups -OCH3 is 1. The van der Waals surface area contributed by atoms with Gasteiger partial charge in [0.25, 0.3) is 0 Å². The van der Waals surface area contributed by atoms with Crippen molar-refractivity contribution in [1.29, 1.82) is 0 Å². The Morgan fingerprint density at radius 3 is 2.43 bits per heavy atom. The Hall–Kier alpha value is -0.380. The molecule has 1 aromatic heterocycles. The lowest BCUT2D eigenvalue weighted by molar-refractivity contribution is -0.00800. The lowest BCUT2D eigenvalue weighted by Gasteiger charge is -2.32. The summed E-state index contributed by atoms with van der Waals surface area (Å²) < 4.78 is 5.50. The molecule has 0 aliphatic rings. The molecule has 0 aromatic carbocycles. The Morgan fingerprint density at radius 2 is 2.07 bits per heavy atom. The van der Waals surface area contributed by atoms with Crippen molar-refractivity contribution in [1.82, 2.24) is 5.32 Å². The highest BCUT2D eigenvalue weighted by Crippen LogP contribution is 2.32. The number of likely N-dealkylation sites (N-methyl/N-ethyl adjacent to an activating group) is 1. The van der Waals surface area contributed by atoms with Gasteiger partial charge in [0.1, 0.15) is 0 Å². The summed E-state index contributed by atoms with van der Waals surface area (Å²) in [5, 5.41) is 3.31. The van der Waals surface area contributed by atoms with Crippen molar-refractivity contribution in [2.75, 3.05) is 14.2 Å². The van der Waals surface area contributed by atoms with Crippen LogP contribution in [0.4, 0.5) is 0 Å². The molecule has 1 N–H and O–H groups in total. The highest BCUT2D eigenvalue weighted by Gasteiger charge is 2.30. The molecule has 1 heterocycles. The maximum Gasteiger partial charge on any atom is 0.0824 e. The highest BCUT2D eigenvalue weighted by molar-refractivity contribution is 7.12. The van der Waals surface area contributed by atoms with Gasteiger partial charge in [-0.05, 0) is 40.0 Å². The number of nitrogens with one attached hydrogen (secondary N) is 1. The van der Waals surface area contributed by atoms with Crippen LogP contribution in [0.2, 0.25) is 0 Å². The fourth-order valence-corrected chi connectivity index (χ4v) is 2.72. The van der Waals surface area contributed by atoms with Crippen LogP contribution in [0, 0.1) is 6.92 Å². The summed E-state index contributed by atoms with van der Waals surface area (Å²) in [5.41, 5.74) is -0.175. The van der Waals surface area contributed by atoms with E-state index in [0.29, 0.717) is 0 Å². The second-order valence-electron chi connectivity index (χ2n) is 3.98. The molecule has 0 amide bonds. The Labute approximate surface area is 90.3 Å². The van der Waals surface area contributed by atoms with E-state index in [1.807, 2.05) is 18.4 Å². The zero-order valence-electron chi connectivity index (χ0n) is 9.55. The van der Waals surface area contributed by atoms with Gasteiger partial charge in [0.2, 0.25) is 0 Å². The van der Waals surface area contributed by atoms with Gasteiger partial charge in [-0.1, -0.05) is 0 Å². The molecular weight excluding hydrogens is 194 g/mol. The van der Waals surface area contributed by atoms with Gasteiger partial charge < -0.3 is 10.1 Å². The molecule has 0 saturated carbocycles. The van der Waals surface area contributed by atoms with E-state index in [1.54, 1.807) is 7.11 Å². The molecule has 0 bridgehead atoms. The molecule has 0 radical (unpaired) electrons. The molecule has 1 aromatic rings. The van der Waals surface area contributed by atoms with E-state index in [4.69, 9.17) is 4.74 Å². The van der Waals surface area contributed by atoms with Crippen LogP contribution in [0.1, 0.15) is 29.6 Å². The van der Waals surface area contributed by atoms with Crippen LogP contribution < -0.4 is 5.32 Å². The number of hydrogen-bond acceptors (Lipinski definition) is 3. The number of thiophene rings is 1. The molecule has 80 valence electrons. The van der Waals surface area contributed by atoms with E-state index in [1.165, 1.54) is 9.75 Å². The minimum absolute atomic E-state index is 0.175. The maximum atomic E-state index is 5.50. The number of ether oxygens (including phenoxy) is 1. The molecule has 1 atom stereocenters. The smallest absolute Gasteiger partial charge is 0.0824 e. The Morgan fingerprint density at radius 1 is 1.43 bits per heavy atom. The maximum absolute atomic E-state index is 5.50. The SMILES string of the molecule is CNC(c1ccc(C)s1)C(C)(C)OC. The highest BCUT2D eigenvalue weighted by atomic mass is 32.1. The van der Waals surface area contributed by atoms with Crippen molar-refractivity contribution in [3.05, 3.63) is 21.9 Å². The van der Waals surface area contributed by atoms with Gasteiger partial charge in [-0.2, -0.15) is 0 Å². The van der Waals surface area contributed by atoms with Crippen LogP contribution in [0.3, 0.4) is 0 Å². The van der Waals surface area contributed by atoms with Crippen molar-refractivity contribution < 1.29 is 4.74 Å². The Balaban J connectivity index is 2.92. The molecule has 2 nitrogen and oxygen atoms in total. The molecule has 0 saturated heterocycles. The number of rotatable bonds is 4. The summed E-state index contributed by atoms with van der Waals surface area (Å²) >= 11 is 1.82. The van der Waals surface area contributed by atoms with E-state index >= 15 is 0 Å². The quantitative estimate of drug-likeness (QED) is 0.830. The lowest BCUT2D eigenvalue weighted by Crippen LogP contribution is -2.38. The Kier molecular flexibility index (Phi) is 3.70. The van der Waals surface area contributed by atoms with Gasteiger partial charge in [0.15, 0.2) is 0 Å². The van der Waals surface area contributed by atoms with E-state index in [2.05, 4.69) is 38.2 Å². The normalized spacial score (nSPS) is 14.4. The molecule has 0 aliphatic heterocycles. The molecule has 0 fully saturated rings. The fraction of sp³-hybridized carbons (Fsp3) is 0.636. The summed E-state index contributed by atoms with van der Waals surface area (Å²) in [4.78, 5) is 2.67. The summed E-state index contributed by atoms with van der Waals surface area (Å²) in [6.07, 6.45) is 0. The first-order valence-corrected chi connectivity index (χ1v) is 5.61. The van der Waals surface area contributed by atoms with Crippen molar-refractivity contribution in [3.8, 4) is 0 Å². The van der Waals surface area contributed by atoms with E-state index in [-0.39, 0.29) is 11.6 Å². The molecular formula is C11H19NOS. The summed E-state index contributed by atoms with van der Waals surface area (Å²) in [5.74, 6) is 0. The van der Waals surface area contributed by atoms with Gasteiger partial charge in [0.05, 0.1) is 11.6 Å². The molecule has 0 spiro atoms. The van der Waals surface area contributed by atoms with Gasteiger partial charge in [-0.3, -0.25) is 0 Å².